The Bertz CT molecular complexity index is 494. The van der Waals surface area contributed by atoms with Gasteiger partial charge in [-0.1, -0.05) is 32.0 Å². The van der Waals surface area contributed by atoms with Crippen LogP contribution in [-0.2, 0) is 9.59 Å². The van der Waals surface area contributed by atoms with Crippen molar-refractivity contribution >= 4 is 24.6 Å². The number of nitrogens with one attached hydrogen (secondary N) is 2. The number of rotatable bonds is 7. The highest BCUT2D eigenvalue weighted by molar-refractivity contribution is 6.43. The summed E-state index contributed by atoms with van der Waals surface area (Å²) in [4.78, 5) is 24.1. The van der Waals surface area contributed by atoms with Crippen molar-refractivity contribution in [2.45, 2.75) is 33.1 Å². The normalized spacial score (nSPS) is 13.4. The monoisotopic (exact) mass is 306 g/mol. The zero-order valence-electron chi connectivity index (χ0n) is 13.1. The summed E-state index contributed by atoms with van der Waals surface area (Å²) in [5.41, 5.74) is 0.605. The Kier molecular flexibility index (Phi) is 7.07. The second-order valence-corrected chi connectivity index (χ2v) is 5.74. The molecule has 120 valence electrons. The summed E-state index contributed by atoms with van der Waals surface area (Å²) < 4.78 is 0. The first kappa shape index (κ1) is 18.2. The van der Waals surface area contributed by atoms with Gasteiger partial charge >= 0.3 is 7.12 Å². The molecule has 22 heavy (non-hydrogen) atoms. The van der Waals surface area contributed by atoms with Gasteiger partial charge in [0.2, 0.25) is 11.8 Å². The van der Waals surface area contributed by atoms with Crippen molar-refractivity contribution in [3.63, 3.8) is 0 Å². The van der Waals surface area contributed by atoms with Gasteiger partial charge in [0.05, 0.1) is 5.94 Å². The summed E-state index contributed by atoms with van der Waals surface area (Å²) >= 11 is 0. The summed E-state index contributed by atoms with van der Waals surface area (Å²) in [5.74, 6) is -2.53. The van der Waals surface area contributed by atoms with E-state index in [9.17, 15) is 19.6 Å². The van der Waals surface area contributed by atoms with Gasteiger partial charge in [0.25, 0.3) is 0 Å². The van der Waals surface area contributed by atoms with Crippen LogP contribution in [0.5, 0.6) is 0 Å². The van der Waals surface area contributed by atoms with Crippen LogP contribution in [0, 0.1) is 11.8 Å². The minimum Gasteiger partial charge on any atom is -0.426 e. The van der Waals surface area contributed by atoms with Crippen molar-refractivity contribution in [1.82, 2.24) is 5.32 Å². The molecule has 0 aliphatic rings. The lowest BCUT2D eigenvalue weighted by molar-refractivity contribution is -0.132. The molecule has 2 atom stereocenters. The lowest BCUT2D eigenvalue weighted by Crippen LogP contribution is -2.50. The summed E-state index contributed by atoms with van der Waals surface area (Å²) in [5, 5.41) is 23.8. The number of hydrogen-bond donors (Lipinski definition) is 4. The van der Waals surface area contributed by atoms with Crippen molar-refractivity contribution in [2.75, 3.05) is 5.32 Å². The standard InChI is InChI=1S/C15H23BN2O4/c1-10(2)9-13(16(21)22)18-15(20)11(3)14(19)17-12-7-5-4-6-8-12/h4-8,10-11,13,21-22H,9H2,1-3H3,(H,17,19)(H,18,20)/t11?,13-/m0/s1. The van der Waals surface area contributed by atoms with Crippen LogP contribution in [0.4, 0.5) is 5.69 Å². The number of benzene rings is 1. The fraction of sp³-hybridized carbons (Fsp3) is 0.467. The predicted octanol–water partition coefficient (Wildman–Crippen LogP) is 0.804. The van der Waals surface area contributed by atoms with Crippen LogP contribution in [0.1, 0.15) is 27.2 Å². The van der Waals surface area contributed by atoms with Gasteiger partial charge in [-0.3, -0.25) is 9.59 Å². The van der Waals surface area contributed by atoms with Crippen LogP contribution in [0.15, 0.2) is 30.3 Å². The molecule has 2 amide bonds. The molecule has 0 saturated carbocycles. The average Bonchev–Trinajstić information content (AvgIpc) is 2.46. The molecule has 0 aliphatic carbocycles. The van der Waals surface area contributed by atoms with E-state index < -0.39 is 30.8 Å². The van der Waals surface area contributed by atoms with Gasteiger partial charge in [-0.2, -0.15) is 0 Å². The van der Waals surface area contributed by atoms with E-state index in [1.54, 1.807) is 24.3 Å². The lowest BCUT2D eigenvalue weighted by Gasteiger charge is -2.21. The average molecular weight is 306 g/mol. The van der Waals surface area contributed by atoms with Gasteiger partial charge in [0.15, 0.2) is 0 Å². The second-order valence-electron chi connectivity index (χ2n) is 5.74. The van der Waals surface area contributed by atoms with Gasteiger partial charge in [-0.05, 0) is 31.4 Å². The maximum Gasteiger partial charge on any atom is 0.475 e. The Morgan fingerprint density at radius 2 is 1.68 bits per heavy atom. The van der Waals surface area contributed by atoms with E-state index in [0.717, 1.165) is 0 Å². The van der Waals surface area contributed by atoms with E-state index in [4.69, 9.17) is 0 Å². The minimum absolute atomic E-state index is 0.181. The van der Waals surface area contributed by atoms with Gasteiger partial charge in [0.1, 0.15) is 5.92 Å². The van der Waals surface area contributed by atoms with Crippen molar-refractivity contribution in [3.05, 3.63) is 30.3 Å². The molecule has 0 aliphatic heterocycles. The Hall–Kier alpha value is -1.86. The highest BCUT2D eigenvalue weighted by atomic mass is 16.4. The minimum atomic E-state index is -1.66. The molecule has 1 rings (SSSR count). The summed E-state index contributed by atoms with van der Waals surface area (Å²) in [6.45, 7) is 5.30. The summed E-state index contributed by atoms with van der Waals surface area (Å²) in [6.07, 6.45) is 0.413. The molecule has 0 fully saturated rings. The van der Waals surface area contributed by atoms with Crippen molar-refractivity contribution in [1.29, 1.82) is 0 Å². The number of carbonyl (C=O) groups is 2. The van der Waals surface area contributed by atoms with Gasteiger partial charge in [-0.15, -0.1) is 0 Å². The van der Waals surface area contributed by atoms with Crippen LogP contribution < -0.4 is 10.6 Å². The molecule has 0 radical (unpaired) electrons. The quantitative estimate of drug-likeness (QED) is 0.442. The fourth-order valence-corrected chi connectivity index (χ4v) is 1.96. The molecule has 6 nitrogen and oxygen atoms in total. The Labute approximate surface area is 131 Å². The maximum absolute atomic E-state index is 12.1. The van der Waals surface area contributed by atoms with Crippen LogP contribution >= 0.6 is 0 Å². The van der Waals surface area contributed by atoms with Crippen molar-refractivity contribution < 1.29 is 19.6 Å². The molecule has 1 unspecified atom stereocenters. The topological polar surface area (TPSA) is 98.7 Å². The molecule has 0 aromatic heterocycles. The summed E-state index contributed by atoms with van der Waals surface area (Å²) in [7, 11) is -1.66. The molecule has 4 N–H and O–H groups in total. The third-order valence-electron chi connectivity index (χ3n) is 3.24. The molecular formula is C15H23BN2O4. The summed E-state index contributed by atoms with van der Waals surface area (Å²) in [6, 6.07) is 8.83. The highest BCUT2D eigenvalue weighted by Crippen LogP contribution is 2.10. The Morgan fingerprint density at radius 3 is 2.18 bits per heavy atom. The lowest BCUT2D eigenvalue weighted by atomic mass is 9.75. The number of hydrogen-bond acceptors (Lipinski definition) is 4. The fourth-order valence-electron chi connectivity index (χ4n) is 1.96. The van der Waals surface area contributed by atoms with Crippen LogP contribution in [0.3, 0.4) is 0 Å². The van der Waals surface area contributed by atoms with E-state index in [1.807, 2.05) is 19.9 Å². The SMILES string of the molecule is CC(C)C[C@H](NC(=O)C(C)C(=O)Nc1ccccc1)B(O)O. The number of para-hydroxylation sites is 1. The van der Waals surface area contributed by atoms with Gasteiger partial charge in [-0.25, -0.2) is 0 Å². The van der Waals surface area contributed by atoms with E-state index in [-0.39, 0.29) is 5.92 Å². The molecule has 0 spiro atoms. The van der Waals surface area contributed by atoms with Crippen molar-refractivity contribution in [3.8, 4) is 0 Å². The largest absolute Gasteiger partial charge is 0.475 e. The Balaban J connectivity index is 2.61. The molecule has 0 saturated heterocycles. The van der Waals surface area contributed by atoms with Crippen LogP contribution in [0.25, 0.3) is 0 Å². The third kappa shape index (κ3) is 5.87. The number of anilines is 1. The maximum atomic E-state index is 12.1. The molecule has 0 bridgehead atoms. The first-order valence-corrected chi connectivity index (χ1v) is 7.33. The van der Waals surface area contributed by atoms with E-state index >= 15 is 0 Å². The Morgan fingerprint density at radius 1 is 1.09 bits per heavy atom. The van der Waals surface area contributed by atoms with E-state index in [2.05, 4.69) is 10.6 Å². The molecule has 1 aromatic carbocycles. The molecule has 7 heteroatoms. The van der Waals surface area contributed by atoms with Crippen LogP contribution in [0.2, 0.25) is 0 Å². The molecule has 0 heterocycles. The number of carbonyl (C=O) groups excluding carboxylic acids is 2. The van der Waals surface area contributed by atoms with E-state index in [1.165, 1.54) is 6.92 Å². The molecular weight excluding hydrogens is 283 g/mol. The van der Waals surface area contributed by atoms with Gasteiger partial charge < -0.3 is 20.7 Å². The van der Waals surface area contributed by atoms with Crippen LogP contribution in [-0.4, -0.2) is 34.9 Å². The van der Waals surface area contributed by atoms with Crippen molar-refractivity contribution in [2.24, 2.45) is 11.8 Å². The number of amides is 2. The molecule has 1 aromatic rings. The highest BCUT2D eigenvalue weighted by Gasteiger charge is 2.30. The second kappa shape index (κ2) is 8.55. The predicted molar refractivity (Wildman–Crippen MR) is 85.8 cm³/mol. The zero-order valence-corrected chi connectivity index (χ0v) is 13.1. The smallest absolute Gasteiger partial charge is 0.426 e. The zero-order chi connectivity index (χ0) is 16.7. The first-order chi connectivity index (χ1) is 10.3. The van der Waals surface area contributed by atoms with E-state index in [0.29, 0.717) is 12.1 Å². The van der Waals surface area contributed by atoms with Gasteiger partial charge in [0, 0.05) is 5.69 Å². The first-order valence-electron chi connectivity index (χ1n) is 7.33. The third-order valence-corrected chi connectivity index (χ3v) is 3.24.